The number of anilines is 2. The monoisotopic (exact) mass is 307 g/mol. The normalized spacial score (nSPS) is 23.0. The zero-order valence-corrected chi connectivity index (χ0v) is 13.2. The summed E-state index contributed by atoms with van der Waals surface area (Å²) in [7, 11) is 2.15. The third-order valence-corrected chi connectivity index (χ3v) is 4.30. The van der Waals surface area contributed by atoms with E-state index in [0.29, 0.717) is 18.4 Å². The predicted molar refractivity (Wildman–Crippen MR) is 85.5 cm³/mol. The maximum absolute atomic E-state index is 9.00. The van der Waals surface area contributed by atoms with Crippen LogP contribution in [0.25, 0.3) is 0 Å². The number of hydrogen-bond donors (Lipinski definition) is 2. The van der Waals surface area contributed by atoms with Crippen LogP contribution >= 0.6 is 0 Å². The van der Waals surface area contributed by atoms with Crippen LogP contribution < -0.4 is 10.2 Å². The molecule has 0 amide bonds. The lowest BCUT2D eigenvalue weighted by atomic mass is 10.0. The largest absolute Gasteiger partial charge is 0.395 e. The fourth-order valence-corrected chi connectivity index (χ4v) is 2.87. The SMILES string of the molecule is CN1CCN(c2cc([C@H]3CCOC3)nc(NCCO)n2)CC1. The lowest BCUT2D eigenvalue weighted by molar-refractivity contribution is 0.193. The minimum absolute atomic E-state index is 0.0734. The molecule has 122 valence electrons. The highest BCUT2D eigenvalue weighted by Crippen LogP contribution is 2.27. The number of aliphatic hydroxyl groups excluding tert-OH is 1. The van der Waals surface area contributed by atoms with Crippen molar-refractivity contribution in [1.29, 1.82) is 0 Å². The third-order valence-electron chi connectivity index (χ3n) is 4.30. The van der Waals surface area contributed by atoms with Gasteiger partial charge < -0.3 is 25.0 Å². The minimum Gasteiger partial charge on any atom is -0.395 e. The number of hydrogen-bond acceptors (Lipinski definition) is 7. The first-order valence-corrected chi connectivity index (χ1v) is 8.01. The molecule has 3 heterocycles. The Labute approximate surface area is 131 Å². The van der Waals surface area contributed by atoms with E-state index < -0.39 is 0 Å². The lowest BCUT2D eigenvalue weighted by Gasteiger charge is -2.33. The molecule has 0 bridgehead atoms. The second kappa shape index (κ2) is 7.21. The van der Waals surface area contributed by atoms with Gasteiger partial charge in [-0.1, -0.05) is 0 Å². The number of rotatable bonds is 5. The third kappa shape index (κ3) is 3.66. The summed E-state index contributed by atoms with van der Waals surface area (Å²) >= 11 is 0. The number of nitrogens with zero attached hydrogens (tertiary/aromatic N) is 4. The summed E-state index contributed by atoms with van der Waals surface area (Å²) < 4.78 is 5.49. The molecule has 0 spiro atoms. The molecule has 2 N–H and O–H groups in total. The van der Waals surface area contributed by atoms with Crippen molar-refractivity contribution in [2.24, 2.45) is 0 Å². The van der Waals surface area contributed by atoms with E-state index in [1.165, 1.54) is 0 Å². The van der Waals surface area contributed by atoms with Crippen LogP contribution in [0.4, 0.5) is 11.8 Å². The van der Waals surface area contributed by atoms with E-state index in [-0.39, 0.29) is 6.61 Å². The van der Waals surface area contributed by atoms with E-state index in [2.05, 4.69) is 38.2 Å². The first kappa shape index (κ1) is 15.5. The van der Waals surface area contributed by atoms with E-state index in [1.54, 1.807) is 0 Å². The first-order valence-electron chi connectivity index (χ1n) is 8.01. The maximum Gasteiger partial charge on any atom is 0.224 e. The van der Waals surface area contributed by atoms with Gasteiger partial charge in [-0.05, 0) is 13.5 Å². The van der Waals surface area contributed by atoms with Crippen molar-refractivity contribution in [3.63, 3.8) is 0 Å². The highest BCUT2D eigenvalue weighted by Gasteiger charge is 2.23. The van der Waals surface area contributed by atoms with Gasteiger partial charge in [0, 0.05) is 51.3 Å². The van der Waals surface area contributed by atoms with Gasteiger partial charge in [0.1, 0.15) is 5.82 Å². The molecular formula is C15H25N5O2. The zero-order chi connectivity index (χ0) is 15.4. The van der Waals surface area contributed by atoms with Crippen LogP contribution in [0, 0.1) is 0 Å². The predicted octanol–water partition coefficient (Wildman–Crippen LogP) is 0.137. The molecular weight excluding hydrogens is 282 g/mol. The Morgan fingerprint density at radius 2 is 2.14 bits per heavy atom. The quantitative estimate of drug-likeness (QED) is 0.801. The Bertz CT molecular complexity index is 485. The maximum atomic E-state index is 9.00. The van der Waals surface area contributed by atoms with E-state index in [1.807, 2.05) is 0 Å². The molecule has 2 saturated heterocycles. The second-order valence-corrected chi connectivity index (χ2v) is 5.98. The Balaban J connectivity index is 1.81. The topological polar surface area (TPSA) is 73.8 Å². The van der Waals surface area contributed by atoms with Gasteiger partial charge in [0.25, 0.3) is 0 Å². The van der Waals surface area contributed by atoms with Crippen molar-refractivity contribution in [2.45, 2.75) is 12.3 Å². The summed E-state index contributed by atoms with van der Waals surface area (Å²) in [4.78, 5) is 13.9. The first-order chi connectivity index (χ1) is 10.8. The van der Waals surface area contributed by atoms with Crippen molar-refractivity contribution in [3.8, 4) is 0 Å². The standard InChI is InChI=1S/C15H25N5O2/c1-19-4-6-20(7-5-19)14-10-13(12-2-9-22-11-12)17-15(18-14)16-3-8-21/h10,12,21H,2-9,11H2,1H3,(H,16,17,18)/t12-/m0/s1. The Kier molecular flexibility index (Phi) is 5.07. The van der Waals surface area contributed by atoms with Crippen molar-refractivity contribution in [2.75, 3.05) is 69.8 Å². The van der Waals surface area contributed by atoms with Crippen LogP contribution in [-0.4, -0.2) is 79.6 Å². The van der Waals surface area contributed by atoms with Gasteiger partial charge in [-0.15, -0.1) is 0 Å². The van der Waals surface area contributed by atoms with Crippen LogP contribution in [-0.2, 0) is 4.74 Å². The molecule has 2 fully saturated rings. The van der Waals surface area contributed by atoms with Gasteiger partial charge in [0.05, 0.1) is 18.9 Å². The van der Waals surface area contributed by atoms with Gasteiger partial charge in [-0.2, -0.15) is 4.98 Å². The smallest absolute Gasteiger partial charge is 0.224 e. The average molecular weight is 307 g/mol. The Morgan fingerprint density at radius 1 is 1.32 bits per heavy atom. The summed E-state index contributed by atoms with van der Waals surface area (Å²) in [5.74, 6) is 1.93. The molecule has 0 aromatic carbocycles. The second-order valence-electron chi connectivity index (χ2n) is 5.98. The fraction of sp³-hybridized carbons (Fsp3) is 0.733. The molecule has 0 aliphatic carbocycles. The molecule has 1 aromatic heterocycles. The molecule has 2 aliphatic heterocycles. The van der Waals surface area contributed by atoms with Crippen LogP contribution in [0.5, 0.6) is 0 Å². The highest BCUT2D eigenvalue weighted by molar-refractivity contribution is 5.46. The summed E-state index contributed by atoms with van der Waals surface area (Å²) in [6.07, 6.45) is 1.01. The summed E-state index contributed by atoms with van der Waals surface area (Å²) in [6.45, 7) is 6.13. The summed E-state index contributed by atoms with van der Waals surface area (Å²) in [5, 5.41) is 12.1. The zero-order valence-electron chi connectivity index (χ0n) is 13.2. The number of likely N-dealkylation sites (N-methyl/N-ethyl adjacent to an activating group) is 1. The number of aromatic nitrogens is 2. The number of nitrogens with one attached hydrogen (secondary N) is 1. The van der Waals surface area contributed by atoms with Gasteiger partial charge in [-0.3, -0.25) is 0 Å². The molecule has 1 aromatic rings. The van der Waals surface area contributed by atoms with E-state index in [0.717, 1.165) is 57.3 Å². The van der Waals surface area contributed by atoms with Gasteiger partial charge in [-0.25, -0.2) is 4.98 Å². The van der Waals surface area contributed by atoms with Crippen molar-refractivity contribution in [3.05, 3.63) is 11.8 Å². The van der Waals surface area contributed by atoms with Crippen molar-refractivity contribution < 1.29 is 9.84 Å². The summed E-state index contributed by atoms with van der Waals surface area (Å²) in [5.41, 5.74) is 1.04. The average Bonchev–Trinajstić information content (AvgIpc) is 3.08. The molecule has 0 radical (unpaired) electrons. The molecule has 22 heavy (non-hydrogen) atoms. The molecule has 7 nitrogen and oxygen atoms in total. The molecule has 0 saturated carbocycles. The van der Waals surface area contributed by atoms with Crippen molar-refractivity contribution in [1.82, 2.24) is 14.9 Å². The molecule has 7 heteroatoms. The van der Waals surface area contributed by atoms with Gasteiger partial charge >= 0.3 is 0 Å². The molecule has 3 rings (SSSR count). The van der Waals surface area contributed by atoms with Crippen LogP contribution in [0.3, 0.4) is 0 Å². The Hall–Kier alpha value is -1.44. The van der Waals surface area contributed by atoms with Gasteiger partial charge in [0.15, 0.2) is 0 Å². The minimum atomic E-state index is 0.0734. The van der Waals surface area contributed by atoms with Crippen LogP contribution in [0.1, 0.15) is 18.0 Å². The van der Waals surface area contributed by atoms with Gasteiger partial charge in [0.2, 0.25) is 5.95 Å². The molecule has 0 unspecified atom stereocenters. The highest BCUT2D eigenvalue weighted by atomic mass is 16.5. The number of piperazine rings is 1. The van der Waals surface area contributed by atoms with E-state index >= 15 is 0 Å². The molecule has 1 atom stereocenters. The fourth-order valence-electron chi connectivity index (χ4n) is 2.87. The van der Waals surface area contributed by atoms with Crippen LogP contribution in [0.15, 0.2) is 6.07 Å². The van der Waals surface area contributed by atoms with Crippen molar-refractivity contribution >= 4 is 11.8 Å². The number of aliphatic hydroxyl groups is 1. The summed E-state index contributed by atoms with van der Waals surface area (Å²) in [6, 6.07) is 2.11. The molecule has 2 aliphatic rings. The number of ether oxygens (including phenoxy) is 1. The van der Waals surface area contributed by atoms with E-state index in [9.17, 15) is 0 Å². The lowest BCUT2D eigenvalue weighted by Crippen LogP contribution is -2.45. The Morgan fingerprint density at radius 3 is 2.82 bits per heavy atom. The van der Waals surface area contributed by atoms with E-state index in [4.69, 9.17) is 9.84 Å². The van der Waals surface area contributed by atoms with Crippen LogP contribution in [0.2, 0.25) is 0 Å².